The molecule has 19 heavy (non-hydrogen) atoms. The van der Waals surface area contributed by atoms with Gasteiger partial charge in [-0.15, -0.1) is 0 Å². The Bertz CT molecular complexity index is 653. The first-order valence-corrected chi connectivity index (χ1v) is 6.58. The lowest BCUT2D eigenvalue weighted by Gasteiger charge is -2.08. The molecule has 0 N–H and O–H groups in total. The van der Waals surface area contributed by atoms with E-state index in [1.807, 2.05) is 30.3 Å². The second kappa shape index (κ2) is 5.57. The number of hydrogen-bond donors (Lipinski definition) is 0. The molecule has 0 aliphatic rings. The van der Waals surface area contributed by atoms with Gasteiger partial charge in [-0.05, 0) is 28.5 Å². The summed E-state index contributed by atoms with van der Waals surface area (Å²) in [6.45, 7) is 0.706. The fourth-order valence-corrected chi connectivity index (χ4v) is 2.31. The first-order chi connectivity index (χ1) is 9.43. The van der Waals surface area contributed by atoms with E-state index >= 15 is 0 Å². The van der Waals surface area contributed by atoms with E-state index in [2.05, 4.69) is 42.5 Å². The van der Waals surface area contributed by atoms with Crippen LogP contribution in [0.4, 0.5) is 0 Å². The molecule has 3 aromatic carbocycles. The number of ether oxygens (including phenoxy) is 1. The zero-order chi connectivity index (χ0) is 12.9. The number of para-hydroxylation sites is 1. The second-order valence-corrected chi connectivity index (χ2v) is 4.55. The van der Waals surface area contributed by atoms with Crippen molar-refractivity contribution in [2.45, 2.75) is 6.42 Å². The molecule has 94 valence electrons. The number of hydrogen-bond acceptors (Lipinski definition) is 1. The highest BCUT2D eigenvalue weighted by atomic mass is 16.5. The second-order valence-electron chi connectivity index (χ2n) is 4.55. The van der Waals surface area contributed by atoms with Gasteiger partial charge in [-0.3, -0.25) is 0 Å². The van der Waals surface area contributed by atoms with Crippen molar-refractivity contribution in [1.82, 2.24) is 0 Å². The minimum absolute atomic E-state index is 0.706. The summed E-state index contributed by atoms with van der Waals surface area (Å²) in [5, 5.41) is 2.61. The molecule has 0 spiro atoms. The Hall–Kier alpha value is -2.28. The Morgan fingerprint density at radius 1 is 0.684 bits per heavy atom. The average Bonchev–Trinajstić information content (AvgIpc) is 2.49. The summed E-state index contributed by atoms with van der Waals surface area (Å²) in [4.78, 5) is 0. The summed E-state index contributed by atoms with van der Waals surface area (Å²) in [6, 6.07) is 24.9. The zero-order valence-electron chi connectivity index (χ0n) is 10.8. The maximum Gasteiger partial charge on any atom is 0.119 e. The van der Waals surface area contributed by atoms with Crippen LogP contribution in [-0.2, 0) is 6.42 Å². The fourth-order valence-electron chi connectivity index (χ4n) is 2.31. The monoisotopic (exact) mass is 248 g/mol. The van der Waals surface area contributed by atoms with Gasteiger partial charge >= 0.3 is 0 Å². The molecule has 3 aromatic rings. The predicted octanol–water partition coefficient (Wildman–Crippen LogP) is 4.46. The van der Waals surface area contributed by atoms with Crippen molar-refractivity contribution >= 4 is 10.8 Å². The summed E-state index contributed by atoms with van der Waals surface area (Å²) in [7, 11) is 0. The number of rotatable bonds is 4. The molecule has 0 radical (unpaired) electrons. The van der Waals surface area contributed by atoms with Crippen LogP contribution < -0.4 is 4.74 Å². The van der Waals surface area contributed by atoms with Gasteiger partial charge in [0.25, 0.3) is 0 Å². The van der Waals surface area contributed by atoms with Gasteiger partial charge in [0, 0.05) is 6.42 Å². The van der Waals surface area contributed by atoms with Crippen molar-refractivity contribution in [3.8, 4) is 5.75 Å². The lowest BCUT2D eigenvalue weighted by Crippen LogP contribution is -2.01. The lowest BCUT2D eigenvalue weighted by atomic mass is 10.0. The van der Waals surface area contributed by atoms with Crippen LogP contribution in [-0.4, -0.2) is 6.61 Å². The van der Waals surface area contributed by atoms with Crippen LogP contribution in [0.5, 0.6) is 5.75 Å². The van der Waals surface area contributed by atoms with Crippen molar-refractivity contribution in [3.05, 3.63) is 78.4 Å². The molecule has 0 aliphatic carbocycles. The van der Waals surface area contributed by atoms with Gasteiger partial charge in [0.1, 0.15) is 5.75 Å². The van der Waals surface area contributed by atoms with Crippen LogP contribution in [0.25, 0.3) is 10.8 Å². The zero-order valence-corrected chi connectivity index (χ0v) is 10.8. The normalized spacial score (nSPS) is 10.5. The van der Waals surface area contributed by atoms with Gasteiger partial charge in [0.15, 0.2) is 0 Å². The Morgan fingerprint density at radius 2 is 1.42 bits per heavy atom. The molecule has 3 rings (SSSR count). The fraction of sp³-hybridized carbons (Fsp3) is 0.111. The molecule has 0 heterocycles. The van der Waals surface area contributed by atoms with Gasteiger partial charge in [-0.1, -0.05) is 60.7 Å². The summed E-state index contributed by atoms with van der Waals surface area (Å²) in [5.74, 6) is 0.933. The lowest BCUT2D eigenvalue weighted by molar-refractivity contribution is 0.322. The Balaban J connectivity index is 1.72. The third kappa shape index (κ3) is 2.76. The maximum absolute atomic E-state index is 5.76. The molecular weight excluding hydrogens is 232 g/mol. The highest BCUT2D eigenvalue weighted by Gasteiger charge is 2.00. The molecule has 0 aromatic heterocycles. The quantitative estimate of drug-likeness (QED) is 0.662. The van der Waals surface area contributed by atoms with E-state index in [1.54, 1.807) is 0 Å². The van der Waals surface area contributed by atoms with E-state index in [1.165, 1.54) is 16.3 Å². The average molecular weight is 248 g/mol. The molecule has 0 amide bonds. The van der Waals surface area contributed by atoms with Gasteiger partial charge in [-0.2, -0.15) is 0 Å². The number of benzene rings is 3. The molecule has 1 heteroatoms. The SMILES string of the molecule is c1ccc(OCCc2cccc3ccccc23)cc1. The topological polar surface area (TPSA) is 9.23 Å². The summed E-state index contributed by atoms with van der Waals surface area (Å²) < 4.78 is 5.76. The smallest absolute Gasteiger partial charge is 0.119 e. The van der Waals surface area contributed by atoms with E-state index in [0.717, 1.165) is 12.2 Å². The maximum atomic E-state index is 5.76. The van der Waals surface area contributed by atoms with Gasteiger partial charge in [0.05, 0.1) is 6.61 Å². The Morgan fingerprint density at radius 3 is 2.32 bits per heavy atom. The van der Waals surface area contributed by atoms with E-state index in [9.17, 15) is 0 Å². The van der Waals surface area contributed by atoms with Crippen molar-refractivity contribution in [1.29, 1.82) is 0 Å². The minimum atomic E-state index is 0.706. The standard InChI is InChI=1S/C18H16O/c1-2-10-17(11-3-1)19-14-13-16-9-6-8-15-7-4-5-12-18(15)16/h1-12H,13-14H2. The van der Waals surface area contributed by atoms with E-state index in [0.29, 0.717) is 6.61 Å². The summed E-state index contributed by atoms with van der Waals surface area (Å²) in [6.07, 6.45) is 0.927. The third-order valence-electron chi connectivity index (χ3n) is 3.26. The highest BCUT2D eigenvalue weighted by Crippen LogP contribution is 2.19. The largest absolute Gasteiger partial charge is 0.493 e. The molecule has 0 bridgehead atoms. The van der Waals surface area contributed by atoms with Crippen LogP contribution >= 0.6 is 0 Å². The molecule has 0 unspecified atom stereocenters. The van der Waals surface area contributed by atoms with Crippen LogP contribution in [0.15, 0.2) is 72.8 Å². The van der Waals surface area contributed by atoms with E-state index in [-0.39, 0.29) is 0 Å². The summed E-state index contributed by atoms with van der Waals surface area (Å²) in [5.41, 5.74) is 1.34. The van der Waals surface area contributed by atoms with Gasteiger partial charge in [0.2, 0.25) is 0 Å². The molecule has 0 aliphatic heterocycles. The molecule has 0 atom stereocenters. The molecule has 1 nitrogen and oxygen atoms in total. The Kier molecular flexibility index (Phi) is 3.46. The van der Waals surface area contributed by atoms with Crippen molar-refractivity contribution in [2.24, 2.45) is 0 Å². The highest BCUT2D eigenvalue weighted by molar-refractivity contribution is 5.85. The van der Waals surface area contributed by atoms with Crippen LogP contribution in [0.1, 0.15) is 5.56 Å². The number of fused-ring (bicyclic) bond motifs is 1. The summed E-state index contributed by atoms with van der Waals surface area (Å²) >= 11 is 0. The first kappa shape index (κ1) is 11.8. The minimum Gasteiger partial charge on any atom is -0.493 e. The first-order valence-electron chi connectivity index (χ1n) is 6.58. The van der Waals surface area contributed by atoms with E-state index < -0.39 is 0 Å². The van der Waals surface area contributed by atoms with Crippen LogP contribution in [0.3, 0.4) is 0 Å². The van der Waals surface area contributed by atoms with Crippen molar-refractivity contribution in [2.75, 3.05) is 6.61 Å². The van der Waals surface area contributed by atoms with Gasteiger partial charge < -0.3 is 4.74 Å². The predicted molar refractivity (Wildman–Crippen MR) is 79.6 cm³/mol. The Labute approximate surface area is 113 Å². The van der Waals surface area contributed by atoms with Crippen molar-refractivity contribution < 1.29 is 4.74 Å². The van der Waals surface area contributed by atoms with Gasteiger partial charge in [-0.25, -0.2) is 0 Å². The molecule has 0 fully saturated rings. The molecule has 0 saturated carbocycles. The van der Waals surface area contributed by atoms with Crippen LogP contribution in [0.2, 0.25) is 0 Å². The van der Waals surface area contributed by atoms with Crippen LogP contribution in [0, 0.1) is 0 Å². The van der Waals surface area contributed by atoms with E-state index in [4.69, 9.17) is 4.74 Å². The molecular formula is C18H16O. The third-order valence-corrected chi connectivity index (χ3v) is 3.26. The van der Waals surface area contributed by atoms with Crippen molar-refractivity contribution in [3.63, 3.8) is 0 Å². The molecule has 0 saturated heterocycles.